The fraction of sp³-hybridized carbons (Fsp3) is 0.227. The van der Waals surface area contributed by atoms with E-state index in [1.165, 1.54) is 17.7 Å². The standard InChI is InChI=1S/C22H21NO5S2/c1-12(2)21(22(24)25)23-30(26,27)15-5-7-19-17(9-15)16-6-4-14(8-20(16)28-19)18-11-29-10-13(18)3/h4-12,21,23H,1-3H3,(H,24,25)/t21-/m1/s1. The van der Waals surface area contributed by atoms with E-state index in [9.17, 15) is 18.3 Å². The molecule has 0 aliphatic heterocycles. The van der Waals surface area contributed by atoms with E-state index in [-0.39, 0.29) is 4.90 Å². The lowest BCUT2D eigenvalue weighted by atomic mass is 10.0. The van der Waals surface area contributed by atoms with Gasteiger partial charge >= 0.3 is 5.97 Å². The van der Waals surface area contributed by atoms with Crippen LogP contribution in [0.5, 0.6) is 0 Å². The minimum atomic E-state index is -4.01. The van der Waals surface area contributed by atoms with Crippen LogP contribution in [0.4, 0.5) is 0 Å². The van der Waals surface area contributed by atoms with Gasteiger partial charge in [-0.2, -0.15) is 16.1 Å². The summed E-state index contributed by atoms with van der Waals surface area (Å²) in [4.78, 5) is 11.4. The monoisotopic (exact) mass is 443 g/mol. The summed E-state index contributed by atoms with van der Waals surface area (Å²) in [6, 6.07) is 9.22. The Labute approximate surface area is 178 Å². The summed E-state index contributed by atoms with van der Waals surface area (Å²) in [7, 11) is -4.01. The second-order valence-electron chi connectivity index (χ2n) is 7.62. The lowest BCUT2D eigenvalue weighted by Gasteiger charge is -2.17. The van der Waals surface area contributed by atoms with Gasteiger partial charge in [0, 0.05) is 10.8 Å². The molecule has 4 aromatic rings. The molecule has 2 aromatic carbocycles. The maximum Gasteiger partial charge on any atom is 0.322 e. The van der Waals surface area contributed by atoms with Crippen LogP contribution in [0, 0.1) is 12.8 Å². The van der Waals surface area contributed by atoms with Gasteiger partial charge in [0.2, 0.25) is 10.0 Å². The number of thiophene rings is 1. The number of sulfonamides is 1. The van der Waals surface area contributed by atoms with E-state index in [4.69, 9.17) is 4.42 Å². The molecule has 30 heavy (non-hydrogen) atoms. The third kappa shape index (κ3) is 3.62. The van der Waals surface area contributed by atoms with E-state index in [1.807, 2.05) is 18.2 Å². The molecule has 8 heteroatoms. The molecule has 0 unspecified atom stereocenters. The zero-order valence-electron chi connectivity index (χ0n) is 16.7. The van der Waals surface area contributed by atoms with Gasteiger partial charge in [-0.15, -0.1) is 0 Å². The zero-order chi connectivity index (χ0) is 21.6. The molecule has 2 heterocycles. The Kier molecular flexibility index (Phi) is 5.17. The summed E-state index contributed by atoms with van der Waals surface area (Å²) in [5.74, 6) is -1.60. The number of carbonyl (C=O) groups is 1. The second-order valence-corrected chi connectivity index (χ2v) is 10.1. The summed E-state index contributed by atoms with van der Waals surface area (Å²) in [6.45, 7) is 5.36. The van der Waals surface area contributed by atoms with Gasteiger partial charge in [-0.25, -0.2) is 8.42 Å². The van der Waals surface area contributed by atoms with Crippen molar-refractivity contribution < 1.29 is 22.7 Å². The van der Waals surface area contributed by atoms with Crippen molar-refractivity contribution in [3.05, 3.63) is 52.7 Å². The normalized spacial score (nSPS) is 13.3. The molecule has 0 bridgehead atoms. The number of benzene rings is 2. The first-order valence-corrected chi connectivity index (χ1v) is 11.8. The lowest BCUT2D eigenvalue weighted by Crippen LogP contribution is -2.44. The van der Waals surface area contributed by atoms with Crippen LogP contribution in [-0.4, -0.2) is 25.5 Å². The number of fused-ring (bicyclic) bond motifs is 3. The molecular formula is C22H21NO5S2. The molecule has 1 atom stereocenters. The minimum absolute atomic E-state index is 0.00218. The summed E-state index contributed by atoms with van der Waals surface area (Å²) < 4.78 is 33.8. The summed E-state index contributed by atoms with van der Waals surface area (Å²) in [6.07, 6.45) is 0. The van der Waals surface area contributed by atoms with Crippen LogP contribution in [0.1, 0.15) is 19.4 Å². The maximum absolute atomic E-state index is 12.8. The van der Waals surface area contributed by atoms with Crippen LogP contribution in [0.2, 0.25) is 0 Å². The highest BCUT2D eigenvalue weighted by molar-refractivity contribution is 7.89. The summed E-state index contributed by atoms with van der Waals surface area (Å²) in [5.41, 5.74) is 4.61. The Hall–Kier alpha value is -2.68. The third-order valence-electron chi connectivity index (χ3n) is 5.13. The lowest BCUT2D eigenvalue weighted by molar-refractivity contribution is -0.140. The van der Waals surface area contributed by atoms with Crippen molar-refractivity contribution in [2.24, 2.45) is 5.92 Å². The molecule has 0 aliphatic carbocycles. The van der Waals surface area contributed by atoms with E-state index in [0.717, 1.165) is 16.5 Å². The number of aliphatic carboxylic acids is 1. The fourth-order valence-electron chi connectivity index (χ4n) is 3.45. The highest BCUT2D eigenvalue weighted by Gasteiger charge is 2.28. The molecule has 0 saturated heterocycles. The van der Waals surface area contributed by atoms with Crippen molar-refractivity contribution >= 4 is 49.3 Å². The molecule has 0 amide bonds. The predicted octanol–water partition coefficient (Wildman–Crippen LogP) is 5.01. The van der Waals surface area contributed by atoms with E-state index in [2.05, 4.69) is 22.4 Å². The van der Waals surface area contributed by atoms with Crippen molar-refractivity contribution in [1.29, 1.82) is 0 Å². The van der Waals surface area contributed by atoms with Gasteiger partial charge in [0.1, 0.15) is 17.2 Å². The van der Waals surface area contributed by atoms with Crippen LogP contribution >= 0.6 is 11.3 Å². The van der Waals surface area contributed by atoms with Crippen molar-refractivity contribution in [2.45, 2.75) is 31.7 Å². The third-order valence-corrected chi connectivity index (χ3v) is 7.43. The number of rotatable bonds is 6. The minimum Gasteiger partial charge on any atom is -0.480 e. The second kappa shape index (κ2) is 7.54. The first-order chi connectivity index (χ1) is 14.2. The van der Waals surface area contributed by atoms with E-state index in [0.29, 0.717) is 16.6 Å². The van der Waals surface area contributed by atoms with Crippen LogP contribution in [0.15, 0.2) is 56.5 Å². The first-order valence-electron chi connectivity index (χ1n) is 9.42. The van der Waals surface area contributed by atoms with Crippen LogP contribution in [-0.2, 0) is 14.8 Å². The van der Waals surface area contributed by atoms with Crippen LogP contribution in [0.25, 0.3) is 33.1 Å². The number of furan rings is 1. The number of carboxylic acids is 1. The Morgan fingerprint density at radius 3 is 2.47 bits per heavy atom. The Bertz CT molecular complexity index is 1360. The number of aryl methyl sites for hydroxylation is 1. The van der Waals surface area contributed by atoms with Crippen LogP contribution in [0.3, 0.4) is 0 Å². The molecule has 2 N–H and O–H groups in total. The topological polar surface area (TPSA) is 96.6 Å². The highest BCUT2D eigenvalue weighted by Crippen LogP contribution is 2.35. The number of hydrogen-bond donors (Lipinski definition) is 2. The van der Waals surface area contributed by atoms with Crippen molar-refractivity contribution in [3.8, 4) is 11.1 Å². The maximum atomic E-state index is 12.8. The average Bonchev–Trinajstić information content (AvgIpc) is 3.27. The number of nitrogens with one attached hydrogen (secondary N) is 1. The summed E-state index contributed by atoms with van der Waals surface area (Å²) >= 11 is 1.64. The SMILES string of the molecule is Cc1cscc1-c1ccc2c(c1)oc1ccc(S(=O)(=O)N[C@@H](C(=O)O)C(C)C)cc12. The quantitative estimate of drug-likeness (QED) is 0.437. The Morgan fingerprint density at radius 1 is 1.07 bits per heavy atom. The highest BCUT2D eigenvalue weighted by atomic mass is 32.2. The molecule has 156 valence electrons. The molecule has 0 saturated carbocycles. The van der Waals surface area contributed by atoms with Crippen molar-refractivity contribution in [2.75, 3.05) is 0 Å². The van der Waals surface area contributed by atoms with Crippen molar-refractivity contribution in [1.82, 2.24) is 4.72 Å². The summed E-state index contributed by atoms with van der Waals surface area (Å²) in [5, 5.41) is 15.0. The van der Waals surface area contributed by atoms with Gasteiger partial charge in [-0.05, 0) is 70.6 Å². The van der Waals surface area contributed by atoms with E-state index >= 15 is 0 Å². The average molecular weight is 444 g/mol. The molecule has 6 nitrogen and oxygen atoms in total. The van der Waals surface area contributed by atoms with Crippen LogP contribution < -0.4 is 4.72 Å². The Balaban J connectivity index is 1.78. The Morgan fingerprint density at radius 2 is 1.83 bits per heavy atom. The van der Waals surface area contributed by atoms with Crippen molar-refractivity contribution in [3.63, 3.8) is 0 Å². The molecule has 0 spiro atoms. The van der Waals surface area contributed by atoms with Gasteiger partial charge < -0.3 is 9.52 Å². The molecular weight excluding hydrogens is 422 g/mol. The van der Waals surface area contributed by atoms with Gasteiger partial charge in [-0.1, -0.05) is 19.9 Å². The number of hydrogen-bond acceptors (Lipinski definition) is 5. The van der Waals surface area contributed by atoms with Gasteiger partial charge in [0.25, 0.3) is 0 Å². The van der Waals surface area contributed by atoms with Gasteiger partial charge in [0.15, 0.2) is 0 Å². The molecule has 4 rings (SSSR count). The molecule has 2 aromatic heterocycles. The molecule has 0 radical (unpaired) electrons. The molecule has 0 fully saturated rings. The smallest absolute Gasteiger partial charge is 0.322 e. The first kappa shape index (κ1) is 20.6. The zero-order valence-corrected chi connectivity index (χ0v) is 18.3. The fourth-order valence-corrected chi connectivity index (χ4v) is 5.67. The van der Waals surface area contributed by atoms with Gasteiger partial charge in [-0.3, -0.25) is 4.79 Å². The van der Waals surface area contributed by atoms with E-state index in [1.54, 1.807) is 31.3 Å². The molecule has 0 aliphatic rings. The number of carboxylic acid groups (broad SMARTS) is 1. The van der Waals surface area contributed by atoms with E-state index < -0.39 is 28.0 Å². The largest absolute Gasteiger partial charge is 0.480 e. The van der Waals surface area contributed by atoms with Gasteiger partial charge in [0.05, 0.1) is 4.90 Å². The predicted molar refractivity (Wildman–Crippen MR) is 118 cm³/mol.